The molecule has 6 nitrogen and oxygen atoms in total. The van der Waals surface area contributed by atoms with E-state index in [2.05, 4.69) is 11.5 Å². The van der Waals surface area contributed by atoms with Gasteiger partial charge in [0.15, 0.2) is 5.76 Å². The highest BCUT2D eigenvalue weighted by molar-refractivity contribution is 6.31. The Hall–Kier alpha value is -3.51. The van der Waals surface area contributed by atoms with Crippen LogP contribution in [0.2, 0.25) is 5.02 Å². The van der Waals surface area contributed by atoms with Gasteiger partial charge in [-0.15, -0.1) is 0 Å². The highest BCUT2D eigenvalue weighted by Crippen LogP contribution is 2.38. The minimum absolute atomic E-state index is 0.279. The van der Waals surface area contributed by atoms with Crippen molar-refractivity contribution >= 4 is 23.2 Å². The molecule has 0 unspecified atom stereocenters. The fourth-order valence-corrected chi connectivity index (χ4v) is 4.32. The molecule has 0 radical (unpaired) electrons. The number of nitrogens with zero attached hydrogens (tertiary/aromatic N) is 2. The van der Waals surface area contributed by atoms with Gasteiger partial charge in [0.05, 0.1) is 19.3 Å². The van der Waals surface area contributed by atoms with Gasteiger partial charge in [-0.3, -0.25) is 9.48 Å². The molecule has 7 heteroatoms. The summed E-state index contributed by atoms with van der Waals surface area (Å²) in [6.45, 7) is 2.50. The van der Waals surface area contributed by atoms with Gasteiger partial charge in [-0.1, -0.05) is 29.8 Å². The number of nitrogens with one attached hydrogen (secondary N) is 1. The summed E-state index contributed by atoms with van der Waals surface area (Å²) in [6, 6.07) is 15.0. The Bertz CT molecular complexity index is 1300. The number of fused-ring (bicyclic) bond motifs is 3. The van der Waals surface area contributed by atoms with Crippen molar-refractivity contribution in [3.63, 3.8) is 0 Å². The van der Waals surface area contributed by atoms with E-state index in [0.717, 1.165) is 57.3 Å². The summed E-state index contributed by atoms with van der Waals surface area (Å²) in [7, 11) is 1.61. The molecular weight excluding hydrogens is 426 g/mol. The number of carbonyl (C=O) groups excluding carboxylic acids is 1. The van der Waals surface area contributed by atoms with Crippen molar-refractivity contribution in [1.29, 1.82) is 0 Å². The predicted molar refractivity (Wildman–Crippen MR) is 124 cm³/mol. The maximum Gasteiger partial charge on any atom is 0.291 e. The average molecular weight is 448 g/mol. The van der Waals surface area contributed by atoms with E-state index in [9.17, 15) is 4.79 Å². The lowest BCUT2D eigenvalue weighted by Crippen LogP contribution is -2.12. The number of rotatable bonds is 5. The fraction of sp³-hybridized carbons (Fsp3) is 0.200. The zero-order valence-electron chi connectivity index (χ0n) is 17.8. The summed E-state index contributed by atoms with van der Waals surface area (Å²) in [5.74, 6) is 1.57. The molecule has 2 aromatic heterocycles. The van der Waals surface area contributed by atoms with Crippen molar-refractivity contribution in [2.45, 2.75) is 26.3 Å². The van der Waals surface area contributed by atoms with Crippen LogP contribution in [0.5, 0.6) is 5.75 Å². The molecule has 32 heavy (non-hydrogen) atoms. The monoisotopic (exact) mass is 447 g/mol. The van der Waals surface area contributed by atoms with Gasteiger partial charge in [-0.25, -0.2) is 0 Å². The van der Waals surface area contributed by atoms with Crippen LogP contribution in [0.15, 0.2) is 59.1 Å². The van der Waals surface area contributed by atoms with Crippen LogP contribution in [0.3, 0.4) is 0 Å². The van der Waals surface area contributed by atoms with E-state index >= 15 is 0 Å². The molecule has 1 N–H and O–H groups in total. The number of amides is 1. The van der Waals surface area contributed by atoms with Crippen molar-refractivity contribution < 1.29 is 13.9 Å². The molecule has 0 aliphatic heterocycles. The molecule has 0 bridgehead atoms. The molecule has 1 aliphatic carbocycles. The summed E-state index contributed by atoms with van der Waals surface area (Å²) in [5, 5.41) is 8.44. The Labute approximate surface area is 190 Å². The number of hydrogen-bond donors (Lipinski definition) is 1. The molecule has 2 aromatic carbocycles. The number of furan rings is 1. The molecule has 5 rings (SSSR count). The molecule has 1 amide bonds. The maximum atomic E-state index is 12.9. The molecule has 2 heterocycles. The van der Waals surface area contributed by atoms with Crippen molar-refractivity contribution in [1.82, 2.24) is 9.78 Å². The van der Waals surface area contributed by atoms with Crippen molar-refractivity contribution in [2.24, 2.45) is 0 Å². The Balaban J connectivity index is 1.43. The normalized spacial score (nSPS) is 12.2. The highest BCUT2D eigenvalue weighted by Gasteiger charge is 2.29. The number of aromatic nitrogens is 2. The van der Waals surface area contributed by atoms with Gasteiger partial charge in [0.25, 0.3) is 5.91 Å². The second-order valence-corrected chi connectivity index (χ2v) is 8.24. The van der Waals surface area contributed by atoms with E-state index in [-0.39, 0.29) is 5.91 Å². The second-order valence-electron chi connectivity index (χ2n) is 7.83. The van der Waals surface area contributed by atoms with Gasteiger partial charge in [0, 0.05) is 34.5 Å². The quantitative estimate of drug-likeness (QED) is 0.437. The van der Waals surface area contributed by atoms with Crippen LogP contribution in [-0.4, -0.2) is 22.8 Å². The van der Waals surface area contributed by atoms with Gasteiger partial charge >= 0.3 is 0 Å². The Morgan fingerprint density at radius 3 is 2.72 bits per heavy atom. The predicted octanol–water partition coefficient (Wildman–Crippen LogP) is 5.51. The number of ether oxygens (including phenoxy) is 1. The lowest BCUT2D eigenvalue weighted by molar-refractivity contribution is 0.0994. The number of halogens is 1. The molecule has 162 valence electrons. The van der Waals surface area contributed by atoms with E-state index in [1.54, 1.807) is 31.4 Å². The van der Waals surface area contributed by atoms with E-state index in [1.807, 2.05) is 35.9 Å². The third-order valence-corrected chi connectivity index (χ3v) is 6.13. The topological polar surface area (TPSA) is 69.3 Å². The smallest absolute Gasteiger partial charge is 0.291 e. The summed E-state index contributed by atoms with van der Waals surface area (Å²) in [5.41, 5.74) is 5.43. The highest BCUT2D eigenvalue weighted by atomic mass is 35.5. The number of hydrogen-bond acceptors (Lipinski definition) is 4. The minimum Gasteiger partial charge on any atom is -0.497 e. The van der Waals surface area contributed by atoms with Crippen LogP contribution in [0, 0.1) is 6.92 Å². The van der Waals surface area contributed by atoms with Crippen LogP contribution in [0.4, 0.5) is 5.69 Å². The molecule has 0 spiro atoms. The molecule has 0 saturated carbocycles. The molecule has 4 aromatic rings. The summed E-state index contributed by atoms with van der Waals surface area (Å²) in [4.78, 5) is 12.9. The van der Waals surface area contributed by atoms with Gasteiger partial charge in [0.2, 0.25) is 0 Å². The van der Waals surface area contributed by atoms with Crippen LogP contribution in [0.1, 0.15) is 33.0 Å². The minimum atomic E-state index is -0.279. The number of anilines is 1. The standard InChI is InChI=1S/C25H22ClN3O3/c1-15-22-21(32-24(15)25(30)27-18-8-10-19(31-2)11-9-18)12-7-17-14-29(28-23(17)22)13-16-5-3-4-6-20(16)26/h3-6,8-11,14H,7,12-13H2,1-2H3,(H,27,30). The largest absolute Gasteiger partial charge is 0.497 e. The summed E-state index contributed by atoms with van der Waals surface area (Å²) in [6.07, 6.45) is 3.61. The molecule has 0 fully saturated rings. The van der Waals surface area contributed by atoms with Gasteiger partial charge < -0.3 is 14.5 Å². The molecule has 1 aliphatic rings. The second kappa shape index (κ2) is 8.20. The van der Waals surface area contributed by atoms with E-state index in [4.69, 9.17) is 25.9 Å². The van der Waals surface area contributed by atoms with Crippen molar-refractivity contribution in [3.8, 4) is 17.0 Å². The molecule has 0 atom stereocenters. The SMILES string of the molecule is COc1ccc(NC(=O)c2oc3c(c2C)-c2nn(Cc4ccccc4Cl)cc2CC3)cc1. The average Bonchev–Trinajstić information content (AvgIpc) is 3.36. The number of benzene rings is 2. The van der Waals surface area contributed by atoms with Crippen LogP contribution < -0.4 is 10.1 Å². The van der Waals surface area contributed by atoms with E-state index in [1.165, 1.54) is 0 Å². The van der Waals surface area contributed by atoms with Crippen LogP contribution >= 0.6 is 11.6 Å². The first kappa shape index (κ1) is 20.4. The van der Waals surface area contributed by atoms with Crippen molar-refractivity contribution in [3.05, 3.63) is 88.0 Å². The summed E-state index contributed by atoms with van der Waals surface area (Å²) >= 11 is 6.32. The third-order valence-electron chi connectivity index (χ3n) is 5.76. The van der Waals surface area contributed by atoms with Gasteiger partial charge in [-0.05, 0) is 54.8 Å². The zero-order chi connectivity index (χ0) is 22.2. The first-order valence-corrected chi connectivity index (χ1v) is 10.8. The van der Waals surface area contributed by atoms with Crippen molar-refractivity contribution in [2.75, 3.05) is 12.4 Å². The number of carbonyl (C=O) groups is 1. The number of methoxy groups -OCH3 is 1. The fourth-order valence-electron chi connectivity index (χ4n) is 4.12. The first-order chi connectivity index (χ1) is 15.5. The van der Waals surface area contributed by atoms with E-state index < -0.39 is 0 Å². The Morgan fingerprint density at radius 1 is 1.19 bits per heavy atom. The molecular formula is C25H22ClN3O3. The van der Waals surface area contributed by atoms with Crippen LogP contribution in [-0.2, 0) is 19.4 Å². The maximum absolute atomic E-state index is 12.9. The third kappa shape index (κ3) is 3.67. The molecule has 0 saturated heterocycles. The number of aryl methyl sites for hydroxylation is 2. The Morgan fingerprint density at radius 2 is 1.97 bits per heavy atom. The van der Waals surface area contributed by atoms with Crippen LogP contribution in [0.25, 0.3) is 11.3 Å². The first-order valence-electron chi connectivity index (χ1n) is 10.4. The lowest BCUT2D eigenvalue weighted by atomic mass is 9.93. The summed E-state index contributed by atoms with van der Waals surface area (Å²) < 4.78 is 13.1. The van der Waals surface area contributed by atoms with Gasteiger partial charge in [0.1, 0.15) is 11.5 Å². The lowest BCUT2D eigenvalue weighted by Gasteiger charge is -2.09. The Kier molecular flexibility index (Phi) is 5.23. The zero-order valence-corrected chi connectivity index (χ0v) is 18.6. The van der Waals surface area contributed by atoms with Gasteiger partial charge in [-0.2, -0.15) is 5.10 Å². The van der Waals surface area contributed by atoms with E-state index in [0.29, 0.717) is 18.0 Å².